The fourth-order valence-corrected chi connectivity index (χ4v) is 5.38. The van der Waals surface area contributed by atoms with E-state index < -0.39 is 0 Å². The molecule has 3 nitrogen and oxygen atoms in total. The molecule has 3 atom stereocenters. The van der Waals surface area contributed by atoms with Crippen molar-refractivity contribution in [1.29, 1.82) is 0 Å². The second-order valence-electron chi connectivity index (χ2n) is 7.75. The van der Waals surface area contributed by atoms with Crippen molar-refractivity contribution in [3.63, 3.8) is 0 Å². The Labute approximate surface area is 153 Å². The third kappa shape index (κ3) is 3.95. The second-order valence-corrected chi connectivity index (χ2v) is 8.61. The highest BCUT2D eigenvalue weighted by molar-refractivity contribution is 7.13. The van der Waals surface area contributed by atoms with Gasteiger partial charge in [0.05, 0.1) is 5.69 Å². The van der Waals surface area contributed by atoms with Crippen LogP contribution in [-0.2, 0) is 11.2 Å². The van der Waals surface area contributed by atoms with E-state index in [-0.39, 0.29) is 5.91 Å². The van der Waals surface area contributed by atoms with Crippen molar-refractivity contribution in [1.82, 2.24) is 10.3 Å². The molecule has 3 unspecified atom stereocenters. The minimum Gasteiger partial charge on any atom is -0.356 e. The molecule has 1 N–H and O–H groups in total. The third-order valence-corrected chi connectivity index (χ3v) is 6.83. The van der Waals surface area contributed by atoms with E-state index in [1.165, 1.54) is 36.8 Å². The fraction of sp³-hybridized carbons (Fsp3) is 0.524. The molecule has 2 aliphatic carbocycles. The number of fused-ring (bicyclic) bond motifs is 2. The van der Waals surface area contributed by atoms with Gasteiger partial charge in [0, 0.05) is 30.3 Å². The number of nitrogens with one attached hydrogen (secondary N) is 1. The first-order chi connectivity index (χ1) is 12.2. The molecule has 2 fully saturated rings. The Morgan fingerprint density at radius 3 is 2.80 bits per heavy atom. The van der Waals surface area contributed by atoms with Crippen LogP contribution in [0.15, 0.2) is 29.6 Å². The first kappa shape index (κ1) is 16.8. The molecule has 4 heteroatoms. The zero-order valence-electron chi connectivity index (χ0n) is 14.8. The molecule has 1 aromatic heterocycles. The number of aromatic nitrogens is 1. The summed E-state index contributed by atoms with van der Waals surface area (Å²) in [6, 6.07) is 8.47. The smallest absolute Gasteiger partial charge is 0.220 e. The van der Waals surface area contributed by atoms with E-state index in [2.05, 4.69) is 41.9 Å². The summed E-state index contributed by atoms with van der Waals surface area (Å²) in [5.74, 6) is 2.61. The van der Waals surface area contributed by atoms with E-state index >= 15 is 0 Å². The molecule has 4 rings (SSSR count). The Balaban J connectivity index is 1.23. The van der Waals surface area contributed by atoms with Crippen LogP contribution in [0.1, 0.15) is 43.4 Å². The molecule has 1 heterocycles. The van der Waals surface area contributed by atoms with E-state index in [0.717, 1.165) is 35.4 Å². The average Bonchev–Trinajstić information content (AvgIpc) is 3.32. The topological polar surface area (TPSA) is 42.0 Å². The van der Waals surface area contributed by atoms with Gasteiger partial charge in [0.25, 0.3) is 0 Å². The van der Waals surface area contributed by atoms with Crippen molar-refractivity contribution < 1.29 is 4.79 Å². The summed E-state index contributed by atoms with van der Waals surface area (Å²) in [5, 5.41) is 6.27. The molecule has 25 heavy (non-hydrogen) atoms. The maximum atomic E-state index is 12.2. The van der Waals surface area contributed by atoms with Gasteiger partial charge in [-0.2, -0.15) is 0 Å². The lowest BCUT2D eigenvalue weighted by molar-refractivity contribution is -0.122. The van der Waals surface area contributed by atoms with Gasteiger partial charge in [-0.25, -0.2) is 4.98 Å². The molecule has 2 aliphatic rings. The van der Waals surface area contributed by atoms with Crippen LogP contribution in [0.5, 0.6) is 0 Å². The van der Waals surface area contributed by atoms with Gasteiger partial charge in [-0.1, -0.05) is 36.2 Å². The average molecular weight is 355 g/mol. The minimum absolute atomic E-state index is 0.228. The monoisotopic (exact) mass is 354 g/mol. The number of carbonyl (C=O) groups excluding carboxylic acids is 1. The van der Waals surface area contributed by atoms with Gasteiger partial charge in [-0.15, -0.1) is 11.3 Å². The van der Waals surface area contributed by atoms with E-state index in [0.29, 0.717) is 12.5 Å². The lowest BCUT2D eigenvalue weighted by Gasteiger charge is -2.20. The van der Waals surface area contributed by atoms with E-state index in [1.54, 1.807) is 11.3 Å². The van der Waals surface area contributed by atoms with Crippen LogP contribution in [0.2, 0.25) is 0 Å². The van der Waals surface area contributed by atoms with Gasteiger partial charge in [0.15, 0.2) is 0 Å². The van der Waals surface area contributed by atoms with Crippen LogP contribution in [0.3, 0.4) is 0 Å². The molecular formula is C21H26N2OS. The lowest BCUT2D eigenvalue weighted by atomic mass is 9.86. The SMILES string of the molecule is Cc1ccc(-c2nc(CCNC(=O)CC3CC4CCC3C4)cs2)cc1. The van der Waals surface area contributed by atoms with Gasteiger partial charge in [0.2, 0.25) is 5.91 Å². The van der Waals surface area contributed by atoms with Crippen LogP contribution in [0.4, 0.5) is 0 Å². The van der Waals surface area contributed by atoms with Crippen molar-refractivity contribution in [2.45, 2.75) is 45.4 Å². The second kappa shape index (κ2) is 7.28. The zero-order valence-corrected chi connectivity index (χ0v) is 15.6. The van der Waals surface area contributed by atoms with Gasteiger partial charge in [0.1, 0.15) is 5.01 Å². The molecule has 0 spiro atoms. The number of benzene rings is 1. The summed E-state index contributed by atoms with van der Waals surface area (Å²) in [6.07, 6.45) is 6.94. The highest BCUT2D eigenvalue weighted by Gasteiger charge is 2.39. The lowest BCUT2D eigenvalue weighted by Crippen LogP contribution is -2.29. The summed E-state index contributed by atoms with van der Waals surface area (Å²) in [5.41, 5.74) is 3.50. The van der Waals surface area contributed by atoms with Crippen LogP contribution in [0, 0.1) is 24.7 Å². The molecular weight excluding hydrogens is 328 g/mol. The summed E-state index contributed by atoms with van der Waals surface area (Å²) in [4.78, 5) is 16.9. The van der Waals surface area contributed by atoms with Crippen LogP contribution >= 0.6 is 11.3 Å². The van der Waals surface area contributed by atoms with E-state index in [4.69, 9.17) is 4.98 Å². The number of carbonyl (C=O) groups is 1. The first-order valence-electron chi connectivity index (χ1n) is 9.45. The molecule has 2 saturated carbocycles. The van der Waals surface area contributed by atoms with Gasteiger partial charge in [-0.05, 0) is 43.9 Å². The molecule has 0 saturated heterocycles. The number of amides is 1. The summed E-state index contributed by atoms with van der Waals surface area (Å²) in [6.45, 7) is 2.78. The van der Waals surface area contributed by atoms with Crippen LogP contribution in [0.25, 0.3) is 10.6 Å². The van der Waals surface area contributed by atoms with E-state index in [9.17, 15) is 4.79 Å². The maximum absolute atomic E-state index is 12.2. The molecule has 0 radical (unpaired) electrons. The molecule has 2 bridgehead atoms. The molecule has 2 aromatic rings. The van der Waals surface area contributed by atoms with Gasteiger partial charge < -0.3 is 5.32 Å². The van der Waals surface area contributed by atoms with Crippen molar-refractivity contribution in [2.24, 2.45) is 17.8 Å². The third-order valence-electron chi connectivity index (χ3n) is 5.89. The Bertz CT molecular complexity index is 737. The highest BCUT2D eigenvalue weighted by Crippen LogP contribution is 2.49. The number of hydrogen-bond acceptors (Lipinski definition) is 3. The standard InChI is InChI=1S/C21H26N2OS/c1-14-2-5-16(6-3-14)21-23-19(13-25-21)8-9-22-20(24)12-18-11-15-4-7-17(18)10-15/h2-3,5-6,13,15,17-18H,4,7-12H2,1H3,(H,22,24). The Morgan fingerprint density at radius 2 is 2.08 bits per heavy atom. The van der Waals surface area contributed by atoms with Crippen LogP contribution in [-0.4, -0.2) is 17.4 Å². The van der Waals surface area contributed by atoms with Crippen molar-refractivity contribution >= 4 is 17.2 Å². The van der Waals surface area contributed by atoms with Crippen LogP contribution < -0.4 is 5.32 Å². The Kier molecular flexibility index (Phi) is 4.89. The maximum Gasteiger partial charge on any atom is 0.220 e. The van der Waals surface area contributed by atoms with Gasteiger partial charge in [-0.3, -0.25) is 4.79 Å². The number of thiazole rings is 1. The Hall–Kier alpha value is -1.68. The predicted molar refractivity (Wildman–Crippen MR) is 103 cm³/mol. The Morgan fingerprint density at radius 1 is 1.24 bits per heavy atom. The highest BCUT2D eigenvalue weighted by atomic mass is 32.1. The van der Waals surface area contributed by atoms with Crippen molar-refractivity contribution in [3.8, 4) is 10.6 Å². The summed E-state index contributed by atoms with van der Waals surface area (Å²) < 4.78 is 0. The minimum atomic E-state index is 0.228. The fourth-order valence-electron chi connectivity index (χ4n) is 4.52. The molecule has 0 aliphatic heterocycles. The van der Waals surface area contributed by atoms with E-state index in [1.807, 2.05) is 0 Å². The largest absolute Gasteiger partial charge is 0.356 e. The predicted octanol–water partition coefficient (Wildman–Crippen LogP) is 4.60. The number of aryl methyl sites for hydroxylation is 1. The van der Waals surface area contributed by atoms with Crippen molar-refractivity contribution in [3.05, 3.63) is 40.9 Å². The summed E-state index contributed by atoms with van der Waals surface area (Å²) in [7, 11) is 0. The van der Waals surface area contributed by atoms with Gasteiger partial charge >= 0.3 is 0 Å². The number of rotatable bonds is 6. The molecule has 1 amide bonds. The first-order valence-corrected chi connectivity index (χ1v) is 10.3. The zero-order chi connectivity index (χ0) is 17.2. The van der Waals surface area contributed by atoms with Crippen molar-refractivity contribution in [2.75, 3.05) is 6.54 Å². The number of hydrogen-bond donors (Lipinski definition) is 1. The molecule has 132 valence electrons. The molecule has 1 aromatic carbocycles. The normalized spacial score (nSPS) is 24.6. The summed E-state index contributed by atoms with van der Waals surface area (Å²) >= 11 is 1.68. The quantitative estimate of drug-likeness (QED) is 0.823. The number of nitrogens with zero attached hydrogens (tertiary/aromatic N) is 1.